The molecule has 4 heterocycles. The Balaban J connectivity index is -0.000000234. The van der Waals surface area contributed by atoms with E-state index in [1.165, 1.54) is 25.7 Å². The molecule has 0 aliphatic carbocycles. The van der Waals surface area contributed by atoms with Gasteiger partial charge in [-0.15, -0.1) is 0 Å². The summed E-state index contributed by atoms with van der Waals surface area (Å²) in [4.78, 5) is 66.9. The minimum absolute atomic E-state index is 0. The first-order valence-corrected chi connectivity index (χ1v) is 29.6. The maximum atomic E-state index is 12.8. The van der Waals surface area contributed by atoms with Gasteiger partial charge in [-0.3, -0.25) is 19.2 Å². The Labute approximate surface area is 533 Å². The van der Waals surface area contributed by atoms with Crippen LogP contribution in [0.5, 0.6) is 0 Å². The summed E-state index contributed by atoms with van der Waals surface area (Å²) in [5.41, 5.74) is -15.7. The molecule has 0 saturated carbocycles. The average Bonchev–Trinajstić information content (AvgIpc) is 4.09. The number of rotatable bonds is 12. The Hall–Kier alpha value is -3.30. The molecule has 2 aromatic heterocycles. The normalized spacial score (nSPS) is 13.3. The van der Waals surface area contributed by atoms with Gasteiger partial charge in [-0.25, -0.2) is 35.2 Å². The molecule has 2 aromatic rings. The number of hydrogen-bond donors (Lipinski definition) is 0. The van der Waals surface area contributed by atoms with Gasteiger partial charge < -0.3 is 53.7 Å². The summed E-state index contributed by atoms with van der Waals surface area (Å²) < 4.78 is 187. The first-order chi connectivity index (χ1) is 36.9. The van der Waals surface area contributed by atoms with Crippen LogP contribution < -0.4 is 0 Å². The molecule has 0 atom stereocenters. The molecule has 2 fully saturated rings. The van der Waals surface area contributed by atoms with Crippen LogP contribution in [0.3, 0.4) is 0 Å². The second-order valence-corrected chi connectivity index (χ2v) is 23.9. The van der Waals surface area contributed by atoms with Crippen molar-refractivity contribution < 1.29 is 167 Å². The molecule has 36 heteroatoms. The van der Waals surface area contributed by atoms with E-state index in [9.17, 15) is 58.7 Å². The van der Waals surface area contributed by atoms with Gasteiger partial charge >= 0.3 is 65.9 Å². The smallest absolute Gasteiger partial charge is 0.741 e. The number of ether oxygens (including phenoxy) is 2. The number of halogens is 9. The summed E-state index contributed by atoms with van der Waals surface area (Å²) >= 11 is 0. The molecule has 0 spiro atoms. The Morgan fingerprint density at radius 2 is 0.518 bits per heavy atom. The number of carbonyl (C=O) groups is 4. The van der Waals surface area contributed by atoms with E-state index < -0.39 is 46.9 Å². The third-order valence-electron chi connectivity index (χ3n) is 10.3. The molecule has 4 rings (SSSR count). The number of hydrogen-bond acceptors (Lipinski definition) is 17. The maximum Gasteiger partial charge on any atom is 3.00 e. The van der Waals surface area contributed by atoms with Crippen molar-refractivity contribution in [3.63, 3.8) is 0 Å². The quantitative estimate of drug-likeness (QED) is 0.114. The van der Waals surface area contributed by atoms with E-state index in [1.807, 2.05) is 111 Å². The minimum Gasteiger partial charge on any atom is -0.741 e. The predicted octanol–water partition coefficient (Wildman–Crippen LogP) is 7.30. The molecule has 2 aliphatic rings. The number of alkyl halides is 9. The molecule has 4 N–H and O–H groups in total. The van der Waals surface area contributed by atoms with Crippen LogP contribution in [0.2, 0.25) is 0 Å². The van der Waals surface area contributed by atoms with Crippen LogP contribution in [0.25, 0.3) is 0 Å². The monoisotopic (exact) mass is 1450 g/mol. The van der Waals surface area contributed by atoms with Crippen molar-refractivity contribution in [1.82, 2.24) is 29.6 Å². The van der Waals surface area contributed by atoms with Crippen LogP contribution in [0, 0.1) is 49.4 Å². The molecule has 23 nitrogen and oxygen atoms in total. The largest absolute Gasteiger partial charge is 3.00 e. The molecular formula is C49H82EuF9N6O17S3. The Kier molecular flexibility index (Phi) is 45.7. The molecule has 4 amide bonds. The van der Waals surface area contributed by atoms with Gasteiger partial charge in [-0.2, -0.15) is 39.5 Å². The van der Waals surface area contributed by atoms with Gasteiger partial charge in [-0.05, 0) is 161 Å². The second-order valence-electron chi connectivity index (χ2n) is 19.8. The van der Waals surface area contributed by atoms with E-state index in [2.05, 4.69) is 9.97 Å². The molecule has 2 aliphatic heterocycles. The fourth-order valence-corrected chi connectivity index (χ4v) is 7.16. The predicted molar refractivity (Wildman–Crippen MR) is 289 cm³/mol. The van der Waals surface area contributed by atoms with Crippen LogP contribution in [0.15, 0.2) is 36.4 Å². The third-order valence-corrected chi connectivity index (χ3v) is 12.0. The van der Waals surface area contributed by atoms with Crippen LogP contribution in [-0.2, 0) is 39.8 Å². The van der Waals surface area contributed by atoms with Crippen molar-refractivity contribution in [1.29, 1.82) is 0 Å². The van der Waals surface area contributed by atoms with Crippen LogP contribution in [-0.4, -0.2) is 194 Å². The van der Waals surface area contributed by atoms with Gasteiger partial charge in [0, 0.05) is 74.8 Å². The van der Waals surface area contributed by atoms with Gasteiger partial charge in [0.05, 0.1) is 0 Å². The first-order valence-electron chi connectivity index (χ1n) is 25.4. The number of nitrogens with zero attached hydrogens (tertiary/aromatic N) is 6. The summed E-state index contributed by atoms with van der Waals surface area (Å²) in [6.07, 6.45) is 5.11. The van der Waals surface area contributed by atoms with Crippen molar-refractivity contribution in [3.8, 4) is 0 Å². The van der Waals surface area contributed by atoms with Gasteiger partial charge in [0.15, 0.2) is 30.4 Å². The molecule has 498 valence electrons. The summed E-state index contributed by atoms with van der Waals surface area (Å²) in [7, 11) is -18.3. The molecule has 0 unspecified atom stereocenters. The van der Waals surface area contributed by atoms with E-state index in [1.54, 1.807) is 56.0 Å². The molecular weight excluding hydrogens is 1360 g/mol. The van der Waals surface area contributed by atoms with Gasteiger partial charge in [0.25, 0.3) is 23.6 Å². The standard InChI is InChI=1S/2C19H31N3O2.2C4H8O.3CHF3O3S.Eu.2H2O/c2*1-12(2)21(13(3)4)18(23)16-10-9-11-17(20-16)19(24)22(14(5)6)15(7)8;2*1-2-4-5-3-1;3*2-1(3,4)8(5,6)7;;;/h2*9-15H,1-8H3;2*1-4H2;3*(H,5,6,7);;2*1H2/q;;;;;;;+3;;/p-3. The minimum atomic E-state index is -6.09. The van der Waals surface area contributed by atoms with Crippen LogP contribution >= 0.6 is 0 Å². The summed E-state index contributed by atoms with van der Waals surface area (Å²) in [6.45, 7) is 35.7. The average molecular weight is 1450 g/mol. The van der Waals surface area contributed by atoms with Crippen molar-refractivity contribution in [2.45, 2.75) is 201 Å². The third kappa shape index (κ3) is 36.1. The number of carbonyl (C=O) groups excluding carboxylic acids is 4. The maximum absolute atomic E-state index is 12.8. The number of amides is 4. The Morgan fingerprint density at radius 1 is 0.388 bits per heavy atom. The van der Waals surface area contributed by atoms with E-state index in [0.29, 0.717) is 22.8 Å². The zero-order valence-electron chi connectivity index (χ0n) is 50.1. The first kappa shape index (κ1) is 92.9. The number of pyridine rings is 2. The van der Waals surface area contributed by atoms with Gasteiger partial charge in [0.2, 0.25) is 0 Å². The number of aromatic nitrogens is 2. The molecule has 2 saturated heterocycles. The molecule has 85 heavy (non-hydrogen) atoms. The topological polar surface area (TPSA) is 360 Å². The summed E-state index contributed by atoms with van der Waals surface area (Å²) in [5, 5.41) is 0. The zero-order chi connectivity index (χ0) is 65.3. The Morgan fingerprint density at radius 3 is 0.600 bits per heavy atom. The fourth-order valence-electron chi connectivity index (χ4n) is 7.16. The van der Waals surface area contributed by atoms with Crippen LogP contribution in [0.1, 0.15) is 178 Å². The fraction of sp³-hybridized carbons (Fsp3) is 0.714. The van der Waals surface area contributed by atoms with Crippen molar-refractivity contribution in [2.75, 3.05) is 26.4 Å². The second kappa shape index (κ2) is 41.8. The van der Waals surface area contributed by atoms with E-state index in [4.69, 9.17) is 48.4 Å². The summed E-state index contributed by atoms with van der Waals surface area (Å²) in [6, 6.07) is 10.7. The Bertz CT molecular complexity index is 2250. The molecule has 0 radical (unpaired) electrons. The van der Waals surface area contributed by atoms with E-state index in [0.717, 1.165) is 26.4 Å². The molecule has 0 bridgehead atoms. The van der Waals surface area contributed by atoms with Crippen molar-refractivity contribution >= 4 is 54.0 Å². The van der Waals surface area contributed by atoms with Crippen LogP contribution in [0.4, 0.5) is 39.5 Å². The van der Waals surface area contributed by atoms with E-state index >= 15 is 0 Å². The van der Waals surface area contributed by atoms with Crippen molar-refractivity contribution in [3.05, 3.63) is 59.2 Å². The van der Waals surface area contributed by atoms with E-state index in [-0.39, 0.29) is 132 Å². The summed E-state index contributed by atoms with van der Waals surface area (Å²) in [5.74, 6) is -0.573. The molecule has 0 aromatic carbocycles. The SMILES string of the molecule is C1CCOC1.C1CCOC1.CC(C)N(C(=O)c1cccc(C(=O)N(C(C)C)C(C)C)n1)C(C)C.CC(C)N(C(=O)c1cccc(C(=O)N(C(C)C)C(C)C)n1)C(C)C.O.O.O=S(=O)([O-])C(F)(F)F.O=S(=O)([O-])C(F)(F)F.O=S(=O)([O-])C(F)(F)F.[Eu+3]. The van der Waals surface area contributed by atoms with Gasteiger partial charge in [-0.1, -0.05) is 12.1 Å². The zero-order valence-corrected chi connectivity index (χ0v) is 54.9. The van der Waals surface area contributed by atoms with Gasteiger partial charge in [0.1, 0.15) is 22.8 Å². The van der Waals surface area contributed by atoms with Crippen molar-refractivity contribution in [2.24, 2.45) is 0 Å².